The van der Waals surface area contributed by atoms with Gasteiger partial charge in [-0.3, -0.25) is 9.59 Å². The second-order valence-corrected chi connectivity index (χ2v) is 4.15. The fourth-order valence-electron chi connectivity index (χ4n) is 1.88. The van der Waals surface area contributed by atoms with Crippen molar-refractivity contribution in [2.75, 3.05) is 20.1 Å². The van der Waals surface area contributed by atoms with Gasteiger partial charge in [-0.05, 0) is 12.8 Å². The van der Waals surface area contributed by atoms with Crippen LogP contribution in [0.3, 0.4) is 0 Å². The molecule has 92 valence electrons. The smallest absolute Gasteiger partial charge is 0.234 e. The first kappa shape index (κ1) is 13.0. The van der Waals surface area contributed by atoms with Gasteiger partial charge >= 0.3 is 0 Å². The third-order valence-electron chi connectivity index (χ3n) is 2.81. The molecule has 1 aliphatic carbocycles. The molecule has 5 heteroatoms. The lowest BCUT2D eigenvalue weighted by atomic mass is 10.2. The lowest BCUT2D eigenvalue weighted by Crippen LogP contribution is -2.39. The molecular weight excluding hydrogens is 206 g/mol. The third-order valence-corrected chi connectivity index (χ3v) is 2.81. The lowest BCUT2D eigenvalue weighted by molar-refractivity contribution is -0.122. The van der Waals surface area contributed by atoms with Crippen molar-refractivity contribution in [2.24, 2.45) is 0 Å². The maximum absolute atomic E-state index is 11.4. The molecule has 0 aliphatic heterocycles. The summed E-state index contributed by atoms with van der Waals surface area (Å²) >= 11 is 0. The van der Waals surface area contributed by atoms with Crippen LogP contribution in [0.5, 0.6) is 0 Å². The number of hydrogen-bond acceptors (Lipinski definition) is 3. The summed E-state index contributed by atoms with van der Waals surface area (Å²) < 4.78 is 0. The summed E-state index contributed by atoms with van der Waals surface area (Å²) in [5.41, 5.74) is 0. The zero-order chi connectivity index (χ0) is 11.8. The van der Waals surface area contributed by atoms with Crippen LogP contribution in [0.1, 0.15) is 32.1 Å². The molecular formula is C11H21N3O2. The molecule has 2 amide bonds. The molecule has 3 N–H and O–H groups in total. The summed E-state index contributed by atoms with van der Waals surface area (Å²) in [5, 5.41) is 8.46. The second-order valence-electron chi connectivity index (χ2n) is 4.15. The predicted molar refractivity (Wildman–Crippen MR) is 62.0 cm³/mol. The average molecular weight is 227 g/mol. The van der Waals surface area contributed by atoms with E-state index in [0.29, 0.717) is 25.6 Å². The fraction of sp³-hybridized carbons (Fsp3) is 0.818. The Labute approximate surface area is 96.4 Å². The number of rotatable bonds is 6. The second kappa shape index (κ2) is 7.22. The van der Waals surface area contributed by atoms with Crippen molar-refractivity contribution < 1.29 is 9.59 Å². The minimum atomic E-state index is -0.0105. The summed E-state index contributed by atoms with van der Waals surface area (Å²) in [4.78, 5) is 22.3. The van der Waals surface area contributed by atoms with Crippen molar-refractivity contribution in [3.63, 3.8) is 0 Å². The van der Waals surface area contributed by atoms with Crippen LogP contribution in [-0.2, 0) is 9.59 Å². The van der Waals surface area contributed by atoms with Gasteiger partial charge in [-0.15, -0.1) is 0 Å². The van der Waals surface area contributed by atoms with Gasteiger partial charge in [0.1, 0.15) is 0 Å². The van der Waals surface area contributed by atoms with Gasteiger partial charge in [-0.2, -0.15) is 0 Å². The first-order valence-corrected chi connectivity index (χ1v) is 5.93. The molecule has 0 aromatic carbocycles. The van der Waals surface area contributed by atoms with E-state index in [9.17, 15) is 9.59 Å². The monoisotopic (exact) mass is 227 g/mol. The van der Waals surface area contributed by atoms with Gasteiger partial charge in [-0.1, -0.05) is 12.8 Å². The highest BCUT2D eigenvalue weighted by Gasteiger charge is 2.16. The van der Waals surface area contributed by atoms with Crippen LogP contribution < -0.4 is 16.0 Å². The van der Waals surface area contributed by atoms with Gasteiger partial charge in [-0.25, -0.2) is 0 Å². The van der Waals surface area contributed by atoms with Gasteiger partial charge in [0, 0.05) is 26.1 Å². The molecule has 16 heavy (non-hydrogen) atoms. The van der Waals surface area contributed by atoms with E-state index >= 15 is 0 Å². The van der Waals surface area contributed by atoms with Gasteiger partial charge < -0.3 is 16.0 Å². The van der Waals surface area contributed by atoms with Gasteiger partial charge in [0.25, 0.3) is 0 Å². The van der Waals surface area contributed by atoms with E-state index in [1.165, 1.54) is 12.8 Å². The highest BCUT2D eigenvalue weighted by Crippen LogP contribution is 2.17. The molecule has 1 aliphatic rings. The van der Waals surface area contributed by atoms with Gasteiger partial charge in [0.2, 0.25) is 11.8 Å². The molecule has 0 bridgehead atoms. The highest BCUT2D eigenvalue weighted by molar-refractivity contribution is 5.78. The number of carbonyl (C=O) groups is 2. The standard InChI is InChI=1S/C11H21N3O2/c1-12-10(15)6-7-13-8-11(16)14-9-4-2-3-5-9/h9,13H,2-8H2,1H3,(H,12,15)(H,14,16). The summed E-state index contributed by atoms with van der Waals surface area (Å²) in [6.07, 6.45) is 5.05. The fourth-order valence-corrected chi connectivity index (χ4v) is 1.88. The molecule has 0 saturated heterocycles. The Bertz CT molecular complexity index is 237. The van der Waals surface area contributed by atoms with Crippen molar-refractivity contribution in [2.45, 2.75) is 38.1 Å². The van der Waals surface area contributed by atoms with Crippen molar-refractivity contribution in [3.05, 3.63) is 0 Å². The Hall–Kier alpha value is -1.10. The van der Waals surface area contributed by atoms with Gasteiger partial charge in [0.05, 0.1) is 6.54 Å². The quantitative estimate of drug-likeness (QED) is 0.549. The van der Waals surface area contributed by atoms with E-state index in [1.54, 1.807) is 7.05 Å². The Kier molecular flexibility index (Phi) is 5.85. The Morgan fingerprint density at radius 3 is 2.50 bits per heavy atom. The molecule has 0 spiro atoms. The van der Waals surface area contributed by atoms with E-state index in [4.69, 9.17) is 0 Å². The van der Waals surface area contributed by atoms with Crippen molar-refractivity contribution in [1.82, 2.24) is 16.0 Å². The maximum Gasteiger partial charge on any atom is 0.234 e. The first-order chi connectivity index (χ1) is 7.72. The summed E-state index contributed by atoms with van der Waals surface area (Å²) in [6, 6.07) is 0.369. The minimum absolute atomic E-state index is 0.0105. The minimum Gasteiger partial charge on any atom is -0.359 e. The molecule has 1 saturated carbocycles. The Balaban J connectivity index is 1.99. The van der Waals surface area contributed by atoms with Crippen LogP contribution in [0.4, 0.5) is 0 Å². The van der Waals surface area contributed by atoms with E-state index in [1.807, 2.05) is 0 Å². The van der Waals surface area contributed by atoms with Crippen LogP contribution in [0.15, 0.2) is 0 Å². The Morgan fingerprint density at radius 1 is 1.19 bits per heavy atom. The molecule has 1 fully saturated rings. The van der Waals surface area contributed by atoms with Crippen molar-refractivity contribution in [1.29, 1.82) is 0 Å². The van der Waals surface area contributed by atoms with E-state index in [-0.39, 0.29) is 11.8 Å². The summed E-state index contributed by atoms with van der Waals surface area (Å²) in [5.74, 6) is 0.0208. The van der Waals surface area contributed by atoms with Crippen molar-refractivity contribution >= 4 is 11.8 Å². The molecule has 1 rings (SSSR count). The maximum atomic E-state index is 11.4. The van der Waals surface area contributed by atoms with Crippen LogP contribution >= 0.6 is 0 Å². The van der Waals surface area contributed by atoms with E-state index < -0.39 is 0 Å². The van der Waals surface area contributed by atoms with Gasteiger partial charge in [0.15, 0.2) is 0 Å². The molecule has 0 radical (unpaired) electrons. The molecule has 0 aromatic rings. The number of carbonyl (C=O) groups excluding carboxylic acids is 2. The van der Waals surface area contributed by atoms with E-state index in [2.05, 4.69) is 16.0 Å². The van der Waals surface area contributed by atoms with Crippen LogP contribution in [0.2, 0.25) is 0 Å². The van der Waals surface area contributed by atoms with Crippen LogP contribution in [-0.4, -0.2) is 38.0 Å². The van der Waals surface area contributed by atoms with Crippen LogP contribution in [0.25, 0.3) is 0 Å². The summed E-state index contributed by atoms with van der Waals surface area (Å²) in [7, 11) is 1.61. The lowest BCUT2D eigenvalue weighted by Gasteiger charge is -2.12. The predicted octanol–water partition coefficient (Wildman–Crippen LogP) is -0.229. The topological polar surface area (TPSA) is 70.2 Å². The largest absolute Gasteiger partial charge is 0.359 e. The molecule has 0 unspecified atom stereocenters. The number of amides is 2. The normalized spacial score (nSPS) is 16.1. The summed E-state index contributed by atoms with van der Waals surface area (Å²) in [6.45, 7) is 0.839. The molecule has 0 atom stereocenters. The molecule has 0 aromatic heterocycles. The highest BCUT2D eigenvalue weighted by atomic mass is 16.2. The average Bonchev–Trinajstić information content (AvgIpc) is 2.76. The zero-order valence-electron chi connectivity index (χ0n) is 9.84. The van der Waals surface area contributed by atoms with Crippen molar-refractivity contribution in [3.8, 4) is 0 Å². The Morgan fingerprint density at radius 2 is 1.88 bits per heavy atom. The third kappa shape index (κ3) is 5.11. The number of nitrogens with one attached hydrogen (secondary N) is 3. The first-order valence-electron chi connectivity index (χ1n) is 5.93. The number of hydrogen-bond donors (Lipinski definition) is 3. The van der Waals surface area contributed by atoms with Crippen LogP contribution in [0, 0.1) is 0 Å². The zero-order valence-corrected chi connectivity index (χ0v) is 9.84. The van der Waals surface area contributed by atoms with E-state index in [0.717, 1.165) is 12.8 Å². The SMILES string of the molecule is CNC(=O)CCNCC(=O)NC1CCCC1. The molecule has 5 nitrogen and oxygen atoms in total. The molecule has 0 heterocycles.